The highest BCUT2D eigenvalue weighted by Crippen LogP contribution is 2.37. The third kappa shape index (κ3) is 4.39. The number of halogens is 1. The van der Waals surface area contributed by atoms with Crippen molar-refractivity contribution >= 4 is 23.2 Å². The van der Waals surface area contributed by atoms with Crippen molar-refractivity contribution in [2.75, 3.05) is 25.5 Å². The van der Waals surface area contributed by atoms with Crippen LogP contribution >= 0.6 is 11.6 Å². The average molecular weight is 403 g/mol. The lowest BCUT2D eigenvalue weighted by atomic mass is 9.86. The second-order valence-electron chi connectivity index (χ2n) is 8.20. The van der Waals surface area contributed by atoms with Crippen molar-refractivity contribution in [3.63, 3.8) is 0 Å². The Morgan fingerprint density at radius 2 is 2.07 bits per heavy atom. The van der Waals surface area contributed by atoms with Gasteiger partial charge in [0.2, 0.25) is 0 Å². The van der Waals surface area contributed by atoms with E-state index in [9.17, 15) is 9.90 Å². The number of carbonyl (C=O) groups excluding carboxylic acids is 1. The summed E-state index contributed by atoms with van der Waals surface area (Å²) in [6.45, 7) is 8.22. The first-order valence-corrected chi connectivity index (χ1v) is 9.75. The van der Waals surface area contributed by atoms with Crippen LogP contribution in [-0.4, -0.2) is 47.1 Å². The molecule has 7 heteroatoms. The molecule has 1 aromatic heterocycles. The predicted octanol–water partition coefficient (Wildman–Crippen LogP) is 3.39. The summed E-state index contributed by atoms with van der Waals surface area (Å²) in [4.78, 5) is 18.8. The lowest BCUT2D eigenvalue weighted by molar-refractivity contribution is 0.0675. The summed E-state index contributed by atoms with van der Waals surface area (Å²) in [5.41, 5.74) is 2.53. The molecule has 1 aliphatic heterocycles. The van der Waals surface area contributed by atoms with Gasteiger partial charge in [0.15, 0.2) is 0 Å². The molecule has 1 amide bonds. The molecule has 0 unspecified atom stereocenters. The van der Waals surface area contributed by atoms with Crippen molar-refractivity contribution in [3.05, 3.63) is 52.3 Å². The van der Waals surface area contributed by atoms with Gasteiger partial charge in [-0.1, -0.05) is 38.4 Å². The molecule has 150 valence electrons. The molecule has 0 atom stereocenters. The van der Waals surface area contributed by atoms with Crippen molar-refractivity contribution in [1.82, 2.24) is 15.2 Å². The van der Waals surface area contributed by atoms with Crippen molar-refractivity contribution < 1.29 is 9.90 Å². The van der Waals surface area contributed by atoms with Crippen LogP contribution < -0.4 is 10.6 Å². The Morgan fingerprint density at radius 1 is 1.36 bits per heavy atom. The lowest BCUT2D eigenvalue weighted by Crippen LogP contribution is -2.57. The van der Waals surface area contributed by atoms with E-state index in [1.165, 1.54) is 0 Å². The largest absolute Gasteiger partial charge is 0.506 e. The molecule has 3 N–H and O–H groups in total. The van der Waals surface area contributed by atoms with Crippen molar-refractivity contribution in [2.45, 2.75) is 38.8 Å². The van der Waals surface area contributed by atoms with Crippen LogP contribution in [-0.2, 0) is 12.0 Å². The summed E-state index contributed by atoms with van der Waals surface area (Å²) in [6, 6.07) is 9.05. The summed E-state index contributed by atoms with van der Waals surface area (Å²) >= 11 is 6.28. The van der Waals surface area contributed by atoms with E-state index < -0.39 is 0 Å². The van der Waals surface area contributed by atoms with E-state index in [-0.39, 0.29) is 23.1 Å². The Bertz CT molecular complexity index is 875. The highest BCUT2D eigenvalue weighted by molar-refractivity contribution is 6.31. The highest BCUT2D eigenvalue weighted by Gasteiger charge is 2.26. The third-order valence-corrected chi connectivity index (χ3v) is 5.32. The summed E-state index contributed by atoms with van der Waals surface area (Å²) in [5.74, 6) is 0.000145. The summed E-state index contributed by atoms with van der Waals surface area (Å²) in [7, 11) is 1.81. The fourth-order valence-electron chi connectivity index (χ4n) is 3.06. The third-order valence-electron chi connectivity index (χ3n) is 5.01. The fraction of sp³-hybridized carbons (Fsp3) is 0.429. The maximum absolute atomic E-state index is 12.6. The summed E-state index contributed by atoms with van der Waals surface area (Å²) < 4.78 is 0. The number of likely N-dealkylation sites (N-methyl/N-ethyl adjacent to an activating group) is 1. The van der Waals surface area contributed by atoms with Crippen LogP contribution in [0.2, 0.25) is 5.02 Å². The molecule has 3 rings (SSSR count). The molecule has 2 aromatic rings. The SMILES string of the molecule is CN(C(=O)c1cccc(CNc2cc(C(C)(C)C)c(Cl)cc2O)n1)C1CNC1. The molecule has 1 fully saturated rings. The van der Waals surface area contributed by atoms with E-state index in [0.717, 1.165) is 24.3 Å². The minimum Gasteiger partial charge on any atom is -0.506 e. The quantitative estimate of drug-likeness (QED) is 0.668. The molecule has 0 aliphatic carbocycles. The van der Waals surface area contributed by atoms with E-state index in [0.29, 0.717) is 22.9 Å². The van der Waals surface area contributed by atoms with Crippen molar-refractivity contribution in [1.29, 1.82) is 0 Å². The van der Waals surface area contributed by atoms with Crippen LogP contribution in [0.3, 0.4) is 0 Å². The minimum absolute atomic E-state index is 0.0855. The van der Waals surface area contributed by atoms with Gasteiger partial charge in [0.05, 0.1) is 24.0 Å². The molecule has 0 saturated carbocycles. The lowest BCUT2D eigenvalue weighted by Gasteiger charge is -2.35. The molecule has 0 radical (unpaired) electrons. The average Bonchev–Trinajstić information content (AvgIpc) is 2.58. The van der Waals surface area contributed by atoms with Gasteiger partial charge < -0.3 is 20.6 Å². The highest BCUT2D eigenvalue weighted by atomic mass is 35.5. The number of nitrogens with one attached hydrogen (secondary N) is 2. The Kier molecular flexibility index (Phi) is 5.82. The molecule has 0 bridgehead atoms. The number of aromatic hydroxyl groups is 1. The van der Waals surface area contributed by atoms with Gasteiger partial charge in [-0.05, 0) is 29.2 Å². The molecule has 1 aliphatic rings. The van der Waals surface area contributed by atoms with E-state index in [1.54, 1.807) is 24.1 Å². The molecule has 0 spiro atoms. The summed E-state index contributed by atoms with van der Waals surface area (Å²) in [6.07, 6.45) is 0. The zero-order chi connectivity index (χ0) is 20.5. The number of phenolic OH excluding ortho intramolecular Hbond substituents is 1. The first kappa shape index (κ1) is 20.4. The standard InChI is InChI=1S/C21H27ClN4O2/c1-21(2,3)15-8-18(19(27)9-16(15)22)24-10-13-6-5-7-17(25-13)20(28)26(4)14-11-23-12-14/h5-9,14,23-24,27H,10-12H2,1-4H3. The molecule has 1 aromatic carbocycles. The van der Waals surface area contributed by atoms with Crippen LogP contribution in [0, 0.1) is 0 Å². The van der Waals surface area contributed by atoms with Gasteiger partial charge in [-0.2, -0.15) is 0 Å². The number of phenols is 1. The monoisotopic (exact) mass is 402 g/mol. The second kappa shape index (κ2) is 7.97. The van der Waals surface area contributed by atoms with Gasteiger partial charge in [0.1, 0.15) is 11.4 Å². The van der Waals surface area contributed by atoms with Gasteiger partial charge in [0, 0.05) is 31.2 Å². The Hall–Kier alpha value is -2.31. The number of aromatic nitrogens is 1. The molecule has 2 heterocycles. The number of amides is 1. The maximum atomic E-state index is 12.6. The number of hydrogen-bond donors (Lipinski definition) is 3. The number of pyridine rings is 1. The van der Waals surface area contributed by atoms with E-state index in [2.05, 4.69) is 36.4 Å². The molecule has 28 heavy (non-hydrogen) atoms. The van der Waals surface area contributed by atoms with Crippen LogP contribution in [0.5, 0.6) is 5.75 Å². The van der Waals surface area contributed by atoms with Gasteiger partial charge in [-0.15, -0.1) is 0 Å². The van der Waals surface area contributed by atoms with E-state index in [1.807, 2.05) is 18.2 Å². The smallest absolute Gasteiger partial charge is 0.272 e. The molecular weight excluding hydrogens is 376 g/mol. The van der Waals surface area contributed by atoms with Gasteiger partial charge in [-0.25, -0.2) is 4.98 Å². The first-order valence-electron chi connectivity index (χ1n) is 9.37. The van der Waals surface area contributed by atoms with E-state index >= 15 is 0 Å². The molecule has 1 saturated heterocycles. The Labute approximate surface area is 170 Å². The van der Waals surface area contributed by atoms with Crippen LogP contribution in [0.1, 0.15) is 42.5 Å². The second-order valence-corrected chi connectivity index (χ2v) is 8.60. The van der Waals surface area contributed by atoms with Crippen LogP contribution in [0.15, 0.2) is 30.3 Å². The molecular formula is C21H27ClN4O2. The number of carbonyl (C=O) groups is 1. The van der Waals surface area contributed by atoms with E-state index in [4.69, 9.17) is 11.6 Å². The maximum Gasteiger partial charge on any atom is 0.272 e. The topological polar surface area (TPSA) is 77.5 Å². The van der Waals surface area contributed by atoms with Crippen molar-refractivity contribution in [3.8, 4) is 5.75 Å². The van der Waals surface area contributed by atoms with Crippen molar-refractivity contribution in [2.24, 2.45) is 0 Å². The zero-order valence-corrected chi connectivity index (χ0v) is 17.5. The van der Waals surface area contributed by atoms with Gasteiger partial charge in [-0.3, -0.25) is 4.79 Å². The number of nitrogens with zero attached hydrogens (tertiary/aromatic N) is 2. The molecule has 6 nitrogen and oxygen atoms in total. The Balaban J connectivity index is 1.74. The zero-order valence-electron chi connectivity index (χ0n) is 16.7. The van der Waals surface area contributed by atoms with Crippen LogP contribution in [0.4, 0.5) is 5.69 Å². The predicted molar refractivity (Wildman–Crippen MR) is 112 cm³/mol. The number of benzene rings is 1. The number of anilines is 1. The minimum atomic E-state index is -0.146. The Morgan fingerprint density at radius 3 is 2.68 bits per heavy atom. The van der Waals surface area contributed by atoms with Crippen LogP contribution in [0.25, 0.3) is 0 Å². The van der Waals surface area contributed by atoms with Gasteiger partial charge >= 0.3 is 0 Å². The number of hydrogen-bond acceptors (Lipinski definition) is 5. The normalized spacial score (nSPS) is 14.5. The summed E-state index contributed by atoms with van der Waals surface area (Å²) in [5, 5.41) is 17.1. The first-order chi connectivity index (χ1) is 13.2. The fourth-order valence-corrected chi connectivity index (χ4v) is 3.50. The van der Waals surface area contributed by atoms with Gasteiger partial charge in [0.25, 0.3) is 5.91 Å². The number of rotatable bonds is 5.